The van der Waals surface area contributed by atoms with Crippen LogP contribution in [0.2, 0.25) is 0 Å². The van der Waals surface area contributed by atoms with Gasteiger partial charge in [-0.3, -0.25) is 4.79 Å². The smallest absolute Gasteiger partial charge is 0.254 e. The molecule has 1 aliphatic heterocycles. The average molecular weight is 321 g/mol. The minimum atomic E-state index is -0.396. The van der Waals surface area contributed by atoms with Gasteiger partial charge in [-0.25, -0.2) is 0 Å². The van der Waals surface area contributed by atoms with E-state index < -0.39 is 5.54 Å². The molecule has 0 atom stereocenters. The second-order valence-electron chi connectivity index (χ2n) is 8.06. The van der Waals surface area contributed by atoms with Gasteiger partial charge < -0.3 is 5.32 Å². The first-order valence-corrected chi connectivity index (χ1v) is 8.96. The van der Waals surface area contributed by atoms with E-state index in [4.69, 9.17) is 0 Å². The third-order valence-corrected chi connectivity index (χ3v) is 6.96. The maximum atomic E-state index is 13.1. The molecule has 4 fully saturated rings. The van der Waals surface area contributed by atoms with Gasteiger partial charge in [-0.1, -0.05) is 12.1 Å². The molecule has 0 unspecified atom stereocenters. The summed E-state index contributed by atoms with van der Waals surface area (Å²) in [4.78, 5) is 13.1. The Morgan fingerprint density at radius 1 is 1.04 bits per heavy atom. The lowest BCUT2D eigenvalue weighted by Gasteiger charge is -2.60. The van der Waals surface area contributed by atoms with E-state index in [1.807, 2.05) is 28.9 Å². The van der Waals surface area contributed by atoms with Crippen LogP contribution in [0.1, 0.15) is 48.3 Å². The summed E-state index contributed by atoms with van der Waals surface area (Å²) in [7, 11) is 0. The number of fused-ring (bicyclic) bond motifs is 3. The number of hydrogen-bond donors (Lipinski definition) is 1. The van der Waals surface area contributed by atoms with Crippen molar-refractivity contribution in [2.45, 2.75) is 37.6 Å². The summed E-state index contributed by atoms with van der Waals surface area (Å²) in [6, 6.07) is 7.64. The molecule has 0 saturated heterocycles. The second-order valence-corrected chi connectivity index (χ2v) is 8.06. The van der Waals surface area contributed by atoms with Crippen molar-refractivity contribution in [3.63, 3.8) is 0 Å². The van der Waals surface area contributed by atoms with E-state index in [0.29, 0.717) is 17.4 Å². The second kappa shape index (κ2) is 4.23. The zero-order valence-corrected chi connectivity index (χ0v) is 13.4. The zero-order valence-electron chi connectivity index (χ0n) is 13.4. The Morgan fingerprint density at radius 2 is 1.75 bits per heavy atom. The van der Waals surface area contributed by atoms with Crippen LogP contribution in [-0.2, 0) is 5.54 Å². The predicted octanol–water partition coefficient (Wildman–Crippen LogP) is 2.06. The number of tetrazole rings is 1. The number of amides is 1. The van der Waals surface area contributed by atoms with Crippen LogP contribution in [0.3, 0.4) is 0 Å². The van der Waals surface area contributed by atoms with Gasteiger partial charge in [-0.15, -0.1) is 5.10 Å². The number of hydrogen-bond acceptors (Lipinski definition) is 4. The Bertz CT molecular complexity index is 829. The molecule has 1 N–H and O–H groups in total. The third kappa shape index (κ3) is 1.43. The highest BCUT2D eigenvalue weighted by Crippen LogP contribution is 2.61. The Balaban J connectivity index is 1.61. The molecule has 4 bridgehead atoms. The van der Waals surface area contributed by atoms with Crippen LogP contribution >= 0.6 is 0 Å². The van der Waals surface area contributed by atoms with Gasteiger partial charge >= 0.3 is 0 Å². The number of carbonyl (C=O) groups excluding carboxylic acids is 1. The molecule has 24 heavy (non-hydrogen) atoms. The molecule has 6 nitrogen and oxygen atoms in total. The van der Waals surface area contributed by atoms with Crippen molar-refractivity contribution in [2.24, 2.45) is 23.7 Å². The van der Waals surface area contributed by atoms with Crippen LogP contribution in [0.15, 0.2) is 24.3 Å². The van der Waals surface area contributed by atoms with Gasteiger partial charge in [-0.05, 0) is 78.3 Å². The van der Waals surface area contributed by atoms with Crippen LogP contribution in [0.5, 0.6) is 0 Å². The van der Waals surface area contributed by atoms with Crippen LogP contribution in [0.25, 0.3) is 5.69 Å². The minimum Gasteiger partial charge on any atom is -0.339 e. The molecular weight excluding hydrogens is 302 g/mol. The molecule has 7 rings (SSSR count). The summed E-state index contributed by atoms with van der Waals surface area (Å²) in [5.41, 5.74) is 1.06. The maximum absolute atomic E-state index is 13.1. The fourth-order valence-electron chi connectivity index (χ4n) is 6.27. The highest BCUT2D eigenvalue weighted by molar-refractivity contribution is 5.99. The first-order chi connectivity index (χ1) is 11.8. The highest BCUT2D eigenvalue weighted by atomic mass is 16.2. The summed E-state index contributed by atoms with van der Waals surface area (Å²) < 4.78 is 1.81. The molecule has 6 heteroatoms. The summed E-state index contributed by atoms with van der Waals surface area (Å²) in [5.74, 6) is 3.41. The minimum absolute atomic E-state index is 0.00498. The lowest BCUT2D eigenvalue weighted by molar-refractivity contribution is -0.0775. The van der Waals surface area contributed by atoms with Gasteiger partial charge in [0.25, 0.3) is 5.91 Å². The van der Waals surface area contributed by atoms with Gasteiger partial charge in [0.1, 0.15) is 5.54 Å². The standard InChI is InChI=1S/C18H19N5O/c24-16-14-3-1-2-4-15(14)23-17(20-21-22-23)18(19-16)12-6-10-5-11(8-12)9-13(18)7-10/h1-4,10-13H,5-9H2,(H,19,24). The van der Waals surface area contributed by atoms with Gasteiger partial charge in [0.2, 0.25) is 0 Å². The summed E-state index contributed by atoms with van der Waals surface area (Å²) in [5, 5.41) is 16.1. The van der Waals surface area contributed by atoms with Gasteiger partial charge in [-0.2, -0.15) is 4.68 Å². The molecule has 2 heterocycles. The molecular formula is C18H19N5O. The van der Waals surface area contributed by atoms with Crippen molar-refractivity contribution in [3.05, 3.63) is 35.7 Å². The number of para-hydroxylation sites is 1. The first kappa shape index (κ1) is 13.1. The van der Waals surface area contributed by atoms with Crippen molar-refractivity contribution >= 4 is 5.91 Å². The van der Waals surface area contributed by atoms with E-state index in [2.05, 4.69) is 20.8 Å². The molecule has 1 amide bonds. The molecule has 1 aromatic carbocycles. The lowest BCUT2D eigenvalue weighted by Crippen LogP contribution is -2.64. The zero-order chi connectivity index (χ0) is 15.9. The van der Waals surface area contributed by atoms with Gasteiger partial charge in [0.05, 0.1) is 11.3 Å². The Hall–Kier alpha value is -2.24. The van der Waals surface area contributed by atoms with E-state index in [9.17, 15) is 4.79 Å². The molecule has 0 radical (unpaired) electrons. The SMILES string of the molecule is O=C1NC2(c3nnnn3-c3ccccc31)C1CC3CC(C1)CC2C3. The van der Waals surface area contributed by atoms with Gasteiger partial charge in [0, 0.05) is 0 Å². The molecule has 4 saturated carbocycles. The third-order valence-electron chi connectivity index (χ3n) is 6.96. The summed E-state index contributed by atoms with van der Waals surface area (Å²) in [6.07, 6.45) is 6.14. The van der Waals surface area contributed by atoms with Crippen LogP contribution in [0.4, 0.5) is 0 Å². The van der Waals surface area contributed by atoms with Crippen LogP contribution < -0.4 is 5.32 Å². The topological polar surface area (TPSA) is 72.7 Å². The van der Waals surface area contributed by atoms with E-state index in [-0.39, 0.29) is 5.91 Å². The number of nitrogens with zero attached hydrogens (tertiary/aromatic N) is 4. The molecule has 1 aromatic heterocycles. The largest absolute Gasteiger partial charge is 0.339 e. The number of benzene rings is 1. The fraction of sp³-hybridized carbons (Fsp3) is 0.556. The molecule has 2 aromatic rings. The Morgan fingerprint density at radius 3 is 2.50 bits per heavy atom. The van der Waals surface area contributed by atoms with E-state index in [1.165, 1.54) is 32.1 Å². The van der Waals surface area contributed by atoms with E-state index >= 15 is 0 Å². The van der Waals surface area contributed by atoms with Crippen LogP contribution in [-0.4, -0.2) is 26.1 Å². The predicted molar refractivity (Wildman–Crippen MR) is 85.3 cm³/mol. The highest BCUT2D eigenvalue weighted by Gasteiger charge is 2.61. The Labute approximate surface area is 139 Å². The van der Waals surface area contributed by atoms with E-state index in [0.717, 1.165) is 23.3 Å². The molecule has 1 spiro atoms. The fourth-order valence-corrected chi connectivity index (χ4v) is 6.27. The van der Waals surface area contributed by atoms with Crippen molar-refractivity contribution in [1.82, 2.24) is 25.5 Å². The molecule has 5 aliphatic rings. The van der Waals surface area contributed by atoms with Crippen molar-refractivity contribution in [2.75, 3.05) is 0 Å². The monoisotopic (exact) mass is 321 g/mol. The number of aromatic nitrogens is 4. The van der Waals surface area contributed by atoms with E-state index in [1.54, 1.807) is 0 Å². The van der Waals surface area contributed by atoms with Crippen molar-refractivity contribution in [1.29, 1.82) is 0 Å². The average Bonchev–Trinajstić information content (AvgIpc) is 3.04. The first-order valence-electron chi connectivity index (χ1n) is 8.96. The number of rotatable bonds is 0. The summed E-state index contributed by atoms with van der Waals surface area (Å²) in [6.45, 7) is 0. The van der Waals surface area contributed by atoms with Gasteiger partial charge in [0.15, 0.2) is 5.82 Å². The normalized spacial score (nSPS) is 38.6. The molecule has 122 valence electrons. The Kier molecular flexibility index (Phi) is 2.31. The van der Waals surface area contributed by atoms with Crippen molar-refractivity contribution < 1.29 is 4.79 Å². The van der Waals surface area contributed by atoms with Crippen molar-refractivity contribution in [3.8, 4) is 5.69 Å². The number of nitrogens with one attached hydrogen (secondary N) is 1. The number of carbonyl (C=O) groups is 1. The summed E-state index contributed by atoms with van der Waals surface area (Å²) >= 11 is 0. The molecule has 4 aliphatic carbocycles. The van der Waals surface area contributed by atoms with Crippen LogP contribution in [0, 0.1) is 23.7 Å². The maximum Gasteiger partial charge on any atom is 0.254 e. The lowest BCUT2D eigenvalue weighted by atomic mass is 9.48. The quantitative estimate of drug-likeness (QED) is 0.806.